The van der Waals surface area contributed by atoms with Crippen LogP contribution >= 0.6 is 0 Å². The Hall–Kier alpha value is -2.95. The van der Waals surface area contributed by atoms with Gasteiger partial charge >= 0.3 is 11.9 Å². The number of hydrogen-bond acceptors (Lipinski definition) is 4. The molecule has 5 heteroatoms. The van der Waals surface area contributed by atoms with Crippen LogP contribution < -0.4 is 4.74 Å². The highest BCUT2D eigenvalue weighted by molar-refractivity contribution is 5.90. The van der Waals surface area contributed by atoms with Gasteiger partial charge in [0.1, 0.15) is 11.6 Å². The Morgan fingerprint density at radius 3 is 2.33 bits per heavy atom. The largest absolute Gasteiger partial charge is 0.462 e. The first kappa shape index (κ1) is 17.4. The SMILES string of the molecule is CCCOC(=O)c1ccc(OC(=O)C=Cc2ccc(F)cc2)cc1. The second kappa shape index (κ2) is 8.62. The highest BCUT2D eigenvalue weighted by atomic mass is 19.1. The molecule has 0 aliphatic carbocycles. The Labute approximate surface area is 139 Å². The Morgan fingerprint density at radius 1 is 1.04 bits per heavy atom. The van der Waals surface area contributed by atoms with Crippen molar-refractivity contribution < 1.29 is 23.5 Å². The van der Waals surface area contributed by atoms with Crippen molar-refractivity contribution in [2.45, 2.75) is 13.3 Å². The normalized spacial score (nSPS) is 10.6. The first-order valence-electron chi connectivity index (χ1n) is 7.51. The molecule has 0 spiro atoms. The molecule has 0 N–H and O–H groups in total. The first-order chi connectivity index (χ1) is 11.6. The molecule has 124 valence electrons. The van der Waals surface area contributed by atoms with Gasteiger partial charge in [-0.1, -0.05) is 19.1 Å². The van der Waals surface area contributed by atoms with Crippen LogP contribution in [0.25, 0.3) is 6.08 Å². The predicted octanol–water partition coefficient (Wildman–Crippen LogP) is 4.01. The summed E-state index contributed by atoms with van der Waals surface area (Å²) in [5.41, 5.74) is 1.08. The van der Waals surface area contributed by atoms with E-state index in [9.17, 15) is 14.0 Å². The number of carbonyl (C=O) groups excluding carboxylic acids is 2. The van der Waals surface area contributed by atoms with Crippen molar-refractivity contribution in [3.05, 3.63) is 71.6 Å². The van der Waals surface area contributed by atoms with Gasteiger partial charge in [-0.25, -0.2) is 14.0 Å². The fraction of sp³-hybridized carbons (Fsp3) is 0.158. The predicted molar refractivity (Wildman–Crippen MR) is 88.1 cm³/mol. The maximum Gasteiger partial charge on any atom is 0.338 e. The van der Waals surface area contributed by atoms with Gasteiger partial charge in [0.15, 0.2) is 0 Å². The summed E-state index contributed by atoms with van der Waals surface area (Å²) in [5, 5.41) is 0. The molecule has 0 aromatic heterocycles. The molecule has 0 unspecified atom stereocenters. The lowest BCUT2D eigenvalue weighted by atomic mass is 10.2. The topological polar surface area (TPSA) is 52.6 Å². The van der Waals surface area contributed by atoms with Crippen LogP contribution in [0, 0.1) is 5.82 Å². The number of esters is 2. The van der Waals surface area contributed by atoms with E-state index in [1.54, 1.807) is 12.1 Å². The van der Waals surface area contributed by atoms with Gasteiger partial charge in [0.2, 0.25) is 0 Å². The molecule has 0 fully saturated rings. The van der Waals surface area contributed by atoms with Crippen molar-refractivity contribution in [1.82, 2.24) is 0 Å². The van der Waals surface area contributed by atoms with Crippen LogP contribution in [0.3, 0.4) is 0 Å². The van der Waals surface area contributed by atoms with E-state index in [0.717, 1.165) is 6.42 Å². The van der Waals surface area contributed by atoms with E-state index < -0.39 is 11.9 Å². The molecule has 24 heavy (non-hydrogen) atoms. The molecule has 2 aromatic carbocycles. The number of halogens is 1. The molecule has 0 saturated heterocycles. The summed E-state index contributed by atoms with van der Waals surface area (Å²) in [4.78, 5) is 23.4. The van der Waals surface area contributed by atoms with Crippen LogP contribution in [0.2, 0.25) is 0 Å². The minimum absolute atomic E-state index is 0.316. The smallest absolute Gasteiger partial charge is 0.338 e. The number of ether oxygens (including phenoxy) is 2. The Kier molecular flexibility index (Phi) is 6.25. The van der Waals surface area contributed by atoms with Gasteiger partial charge in [-0.05, 0) is 54.5 Å². The van der Waals surface area contributed by atoms with E-state index in [-0.39, 0.29) is 5.82 Å². The lowest BCUT2D eigenvalue weighted by Gasteiger charge is -2.04. The molecule has 0 atom stereocenters. The number of carbonyl (C=O) groups is 2. The van der Waals surface area contributed by atoms with E-state index in [1.165, 1.54) is 48.6 Å². The van der Waals surface area contributed by atoms with Crippen LogP contribution in [-0.2, 0) is 9.53 Å². The molecule has 0 bridgehead atoms. The van der Waals surface area contributed by atoms with Crippen molar-refractivity contribution in [2.24, 2.45) is 0 Å². The van der Waals surface area contributed by atoms with E-state index in [1.807, 2.05) is 6.92 Å². The van der Waals surface area contributed by atoms with Gasteiger partial charge in [-0.3, -0.25) is 0 Å². The molecular formula is C19H17FO4. The fourth-order valence-electron chi connectivity index (χ4n) is 1.83. The third-order valence-corrected chi connectivity index (χ3v) is 3.03. The summed E-state index contributed by atoms with van der Waals surface area (Å²) in [5.74, 6) is -1.00. The molecule has 4 nitrogen and oxygen atoms in total. The molecule has 0 aliphatic rings. The van der Waals surface area contributed by atoms with Gasteiger partial charge in [0, 0.05) is 6.08 Å². The summed E-state index contributed by atoms with van der Waals surface area (Å²) >= 11 is 0. The van der Waals surface area contributed by atoms with Gasteiger partial charge in [-0.2, -0.15) is 0 Å². The van der Waals surface area contributed by atoms with Crippen LogP contribution in [-0.4, -0.2) is 18.5 Å². The fourth-order valence-corrected chi connectivity index (χ4v) is 1.83. The minimum atomic E-state index is -0.569. The van der Waals surface area contributed by atoms with Gasteiger partial charge < -0.3 is 9.47 Å². The summed E-state index contributed by atoms with van der Waals surface area (Å²) in [6.07, 6.45) is 3.52. The monoisotopic (exact) mass is 328 g/mol. The van der Waals surface area contributed by atoms with Crippen molar-refractivity contribution >= 4 is 18.0 Å². The summed E-state index contributed by atoms with van der Waals surface area (Å²) < 4.78 is 22.9. The lowest BCUT2D eigenvalue weighted by molar-refractivity contribution is -0.128. The van der Waals surface area contributed by atoms with E-state index in [0.29, 0.717) is 23.5 Å². The molecule has 0 radical (unpaired) electrons. The number of rotatable bonds is 6. The van der Waals surface area contributed by atoms with Crippen molar-refractivity contribution in [3.63, 3.8) is 0 Å². The standard InChI is InChI=1S/C19H17FO4/c1-2-13-23-19(22)15-6-10-17(11-7-15)24-18(21)12-5-14-3-8-16(20)9-4-14/h3-12H,2,13H2,1H3. The Morgan fingerprint density at radius 2 is 1.71 bits per heavy atom. The van der Waals surface area contributed by atoms with Crippen LogP contribution in [0.4, 0.5) is 4.39 Å². The summed E-state index contributed by atoms with van der Waals surface area (Å²) in [7, 11) is 0. The average molecular weight is 328 g/mol. The third kappa shape index (κ3) is 5.35. The average Bonchev–Trinajstić information content (AvgIpc) is 2.60. The maximum absolute atomic E-state index is 12.8. The van der Waals surface area contributed by atoms with E-state index >= 15 is 0 Å². The van der Waals surface area contributed by atoms with Crippen LogP contribution in [0.1, 0.15) is 29.3 Å². The quantitative estimate of drug-likeness (QED) is 0.457. The van der Waals surface area contributed by atoms with E-state index in [4.69, 9.17) is 9.47 Å². The van der Waals surface area contributed by atoms with Crippen LogP contribution in [0.5, 0.6) is 5.75 Å². The molecule has 0 aliphatic heterocycles. The zero-order chi connectivity index (χ0) is 17.4. The van der Waals surface area contributed by atoms with Crippen molar-refractivity contribution in [1.29, 1.82) is 0 Å². The van der Waals surface area contributed by atoms with Gasteiger partial charge in [0.05, 0.1) is 12.2 Å². The summed E-state index contributed by atoms with van der Waals surface area (Å²) in [6, 6.07) is 11.8. The zero-order valence-corrected chi connectivity index (χ0v) is 13.2. The summed E-state index contributed by atoms with van der Waals surface area (Å²) in [6.45, 7) is 2.28. The molecule has 2 aromatic rings. The molecule has 0 saturated carbocycles. The minimum Gasteiger partial charge on any atom is -0.462 e. The second-order valence-electron chi connectivity index (χ2n) is 4.97. The number of hydrogen-bond donors (Lipinski definition) is 0. The lowest BCUT2D eigenvalue weighted by Crippen LogP contribution is -2.07. The molecule has 0 heterocycles. The van der Waals surface area contributed by atoms with Crippen molar-refractivity contribution in [2.75, 3.05) is 6.61 Å². The molecular weight excluding hydrogens is 311 g/mol. The van der Waals surface area contributed by atoms with Crippen molar-refractivity contribution in [3.8, 4) is 5.75 Å². The number of benzene rings is 2. The van der Waals surface area contributed by atoms with Gasteiger partial charge in [0.25, 0.3) is 0 Å². The highest BCUT2D eigenvalue weighted by Gasteiger charge is 2.07. The second-order valence-corrected chi connectivity index (χ2v) is 4.97. The molecule has 2 rings (SSSR count). The van der Waals surface area contributed by atoms with Gasteiger partial charge in [-0.15, -0.1) is 0 Å². The maximum atomic E-state index is 12.8. The zero-order valence-electron chi connectivity index (χ0n) is 13.2. The third-order valence-electron chi connectivity index (χ3n) is 3.03. The highest BCUT2D eigenvalue weighted by Crippen LogP contribution is 2.14. The van der Waals surface area contributed by atoms with E-state index in [2.05, 4.69) is 0 Å². The first-order valence-corrected chi connectivity index (χ1v) is 7.51. The molecule has 0 amide bonds. The van der Waals surface area contributed by atoms with Crippen LogP contribution in [0.15, 0.2) is 54.6 Å². The Balaban J connectivity index is 1.92. The Bertz CT molecular complexity index is 718.